The minimum atomic E-state index is 1.03. The molecule has 1 aliphatic carbocycles. The zero-order valence-corrected chi connectivity index (χ0v) is 10.3. The van der Waals surface area contributed by atoms with Gasteiger partial charge in [-0.3, -0.25) is 0 Å². The molecule has 0 fully saturated rings. The molecule has 0 bridgehead atoms. The molecule has 0 heterocycles. The van der Waals surface area contributed by atoms with Gasteiger partial charge in [-0.05, 0) is 46.7 Å². The summed E-state index contributed by atoms with van der Waals surface area (Å²) in [5, 5.41) is 0. The van der Waals surface area contributed by atoms with Gasteiger partial charge >= 0.3 is 0 Å². The molecular weight excluding hydrogens is 208 g/mol. The van der Waals surface area contributed by atoms with Gasteiger partial charge in [0.15, 0.2) is 0 Å². The predicted octanol–water partition coefficient (Wildman–Crippen LogP) is 3.83. The van der Waals surface area contributed by atoms with Crippen LogP contribution in [0.3, 0.4) is 0 Å². The molecule has 0 spiro atoms. The second-order valence-corrected chi connectivity index (χ2v) is 4.46. The number of ether oxygens (including phenoxy) is 1. The van der Waals surface area contributed by atoms with Crippen molar-refractivity contribution in [1.29, 1.82) is 0 Å². The highest BCUT2D eigenvalue weighted by molar-refractivity contribution is 5.79. The molecule has 0 N–H and O–H groups in total. The van der Waals surface area contributed by atoms with Gasteiger partial charge in [0.1, 0.15) is 5.75 Å². The van der Waals surface area contributed by atoms with Gasteiger partial charge in [0.25, 0.3) is 0 Å². The number of benzene rings is 2. The fourth-order valence-corrected chi connectivity index (χ4v) is 2.83. The van der Waals surface area contributed by atoms with Gasteiger partial charge in [-0.15, -0.1) is 0 Å². The van der Waals surface area contributed by atoms with E-state index < -0.39 is 0 Å². The lowest BCUT2D eigenvalue weighted by molar-refractivity contribution is 0.409. The van der Waals surface area contributed by atoms with Crippen LogP contribution in [0.1, 0.15) is 23.6 Å². The van der Waals surface area contributed by atoms with Crippen molar-refractivity contribution in [1.82, 2.24) is 0 Å². The molecule has 3 rings (SSSR count). The van der Waals surface area contributed by atoms with Crippen LogP contribution in [0.15, 0.2) is 36.4 Å². The third kappa shape index (κ3) is 1.46. The van der Waals surface area contributed by atoms with E-state index in [0.717, 1.165) is 18.6 Å². The maximum atomic E-state index is 5.46. The van der Waals surface area contributed by atoms with Gasteiger partial charge in [0.2, 0.25) is 0 Å². The minimum Gasteiger partial charge on any atom is -0.496 e. The number of rotatable bonds is 2. The van der Waals surface area contributed by atoms with Crippen molar-refractivity contribution >= 4 is 0 Å². The van der Waals surface area contributed by atoms with E-state index in [1.807, 2.05) is 0 Å². The van der Waals surface area contributed by atoms with Gasteiger partial charge < -0.3 is 4.74 Å². The second kappa shape index (κ2) is 3.92. The normalized spacial score (nSPS) is 12.1. The molecule has 0 radical (unpaired) electrons. The first-order valence-corrected chi connectivity index (χ1v) is 6.12. The highest BCUT2D eigenvalue weighted by Crippen LogP contribution is 2.41. The molecule has 0 unspecified atom stereocenters. The zero-order chi connectivity index (χ0) is 11.8. The summed E-state index contributed by atoms with van der Waals surface area (Å²) in [6.45, 7) is 2.20. The molecule has 0 saturated heterocycles. The van der Waals surface area contributed by atoms with Crippen molar-refractivity contribution < 1.29 is 4.74 Å². The number of methoxy groups -OCH3 is 1. The van der Waals surface area contributed by atoms with Gasteiger partial charge in [-0.25, -0.2) is 0 Å². The fourth-order valence-electron chi connectivity index (χ4n) is 2.83. The monoisotopic (exact) mass is 224 g/mol. The number of hydrogen-bond acceptors (Lipinski definition) is 1. The highest BCUT2D eigenvalue weighted by Gasteiger charge is 2.21. The van der Waals surface area contributed by atoms with Crippen molar-refractivity contribution in [3.63, 3.8) is 0 Å². The Balaban J connectivity index is 2.24. The maximum Gasteiger partial charge on any atom is 0.122 e. The molecule has 0 atom stereocenters. The predicted molar refractivity (Wildman–Crippen MR) is 70.6 cm³/mol. The van der Waals surface area contributed by atoms with E-state index in [0.29, 0.717) is 0 Å². The van der Waals surface area contributed by atoms with E-state index in [1.54, 1.807) is 7.11 Å². The minimum absolute atomic E-state index is 1.03. The zero-order valence-electron chi connectivity index (χ0n) is 10.3. The smallest absolute Gasteiger partial charge is 0.122 e. The molecular formula is C16H16O. The van der Waals surface area contributed by atoms with Crippen LogP contribution in [0.2, 0.25) is 0 Å². The van der Waals surface area contributed by atoms with Crippen LogP contribution in [0.4, 0.5) is 0 Å². The lowest BCUT2D eigenvalue weighted by Gasteiger charge is -2.11. The second-order valence-electron chi connectivity index (χ2n) is 4.46. The molecule has 17 heavy (non-hydrogen) atoms. The van der Waals surface area contributed by atoms with Gasteiger partial charge in [-0.2, -0.15) is 0 Å². The average Bonchev–Trinajstić information content (AvgIpc) is 2.75. The Morgan fingerprint density at radius 3 is 2.65 bits per heavy atom. The van der Waals surface area contributed by atoms with Crippen LogP contribution in [0, 0.1) is 0 Å². The van der Waals surface area contributed by atoms with Gasteiger partial charge in [0.05, 0.1) is 7.11 Å². The standard InChI is InChI=1S/C16H16O/c1-3-12-15-10-11-6-4-5-7-13(11)14(15)8-9-16(12)17-2/h4-9H,3,10H2,1-2H3. The van der Waals surface area contributed by atoms with Crippen molar-refractivity contribution in [2.75, 3.05) is 7.11 Å². The van der Waals surface area contributed by atoms with Gasteiger partial charge in [0, 0.05) is 0 Å². The Hall–Kier alpha value is -1.76. The summed E-state index contributed by atoms with van der Waals surface area (Å²) in [7, 11) is 1.75. The maximum absolute atomic E-state index is 5.46. The van der Waals surface area contributed by atoms with E-state index in [2.05, 4.69) is 43.3 Å². The molecule has 2 aromatic rings. The third-order valence-corrected chi connectivity index (χ3v) is 3.64. The Bertz CT molecular complexity index is 570. The van der Waals surface area contributed by atoms with Crippen molar-refractivity contribution in [2.24, 2.45) is 0 Å². The van der Waals surface area contributed by atoms with E-state index in [-0.39, 0.29) is 0 Å². The van der Waals surface area contributed by atoms with Crippen LogP contribution in [0.5, 0.6) is 5.75 Å². The van der Waals surface area contributed by atoms with E-state index in [1.165, 1.54) is 27.8 Å². The molecule has 2 aromatic carbocycles. The van der Waals surface area contributed by atoms with Crippen LogP contribution in [-0.2, 0) is 12.8 Å². The Morgan fingerprint density at radius 1 is 1.06 bits per heavy atom. The third-order valence-electron chi connectivity index (χ3n) is 3.64. The first-order valence-electron chi connectivity index (χ1n) is 6.12. The summed E-state index contributed by atoms with van der Waals surface area (Å²) in [6, 6.07) is 13.0. The Labute approximate surface area is 102 Å². The van der Waals surface area contributed by atoms with Crippen molar-refractivity contribution in [3.05, 3.63) is 53.1 Å². The van der Waals surface area contributed by atoms with Crippen LogP contribution >= 0.6 is 0 Å². The highest BCUT2D eigenvalue weighted by atomic mass is 16.5. The molecule has 1 nitrogen and oxygen atoms in total. The van der Waals surface area contributed by atoms with E-state index in [4.69, 9.17) is 4.74 Å². The van der Waals surface area contributed by atoms with Gasteiger partial charge in [-0.1, -0.05) is 37.3 Å². The lowest BCUT2D eigenvalue weighted by atomic mass is 9.98. The molecule has 1 aliphatic rings. The Kier molecular flexibility index (Phi) is 2.40. The largest absolute Gasteiger partial charge is 0.496 e. The molecule has 1 heteroatoms. The Morgan fingerprint density at radius 2 is 1.88 bits per heavy atom. The SMILES string of the molecule is CCc1c(OC)ccc2c1Cc1ccccc1-2. The average molecular weight is 224 g/mol. The summed E-state index contributed by atoms with van der Waals surface area (Å²) in [5.41, 5.74) is 7.03. The fraction of sp³-hybridized carbons (Fsp3) is 0.250. The van der Waals surface area contributed by atoms with Crippen LogP contribution in [-0.4, -0.2) is 7.11 Å². The van der Waals surface area contributed by atoms with Crippen molar-refractivity contribution in [2.45, 2.75) is 19.8 Å². The molecule has 0 saturated carbocycles. The van der Waals surface area contributed by atoms with Crippen LogP contribution < -0.4 is 4.74 Å². The van der Waals surface area contributed by atoms with Crippen molar-refractivity contribution in [3.8, 4) is 16.9 Å². The number of hydrogen-bond donors (Lipinski definition) is 0. The number of fused-ring (bicyclic) bond motifs is 3. The summed E-state index contributed by atoms with van der Waals surface area (Å²) < 4.78 is 5.46. The summed E-state index contributed by atoms with van der Waals surface area (Å²) in [4.78, 5) is 0. The summed E-state index contributed by atoms with van der Waals surface area (Å²) >= 11 is 0. The summed E-state index contributed by atoms with van der Waals surface area (Å²) in [5.74, 6) is 1.03. The van der Waals surface area contributed by atoms with E-state index in [9.17, 15) is 0 Å². The molecule has 0 aliphatic heterocycles. The molecule has 86 valence electrons. The van der Waals surface area contributed by atoms with E-state index >= 15 is 0 Å². The summed E-state index contributed by atoms with van der Waals surface area (Å²) in [6.07, 6.45) is 2.08. The molecule has 0 aromatic heterocycles. The van der Waals surface area contributed by atoms with Crippen LogP contribution in [0.25, 0.3) is 11.1 Å². The lowest BCUT2D eigenvalue weighted by Crippen LogP contribution is -1.96. The topological polar surface area (TPSA) is 9.23 Å². The molecule has 0 amide bonds. The first kappa shape index (κ1) is 10.4. The first-order chi connectivity index (χ1) is 8.35. The quantitative estimate of drug-likeness (QED) is 0.643.